The number of halogens is 5. The van der Waals surface area contributed by atoms with Gasteiger partial charge < -0.3 is 5.11 Å². The predicted octanol–water partition coefficient (Wildman–Crippen LogP) is 6.15. The second kappa shape index (κ2) is 7.29. The van der Waals surface area contributed by atoms with Crippen LogP contribution in [0.5, 0.6) is 0 Å². The number of aliphatic carboxylic acids is 1. The van der Waals surface area contributed by atoms with E-state index in [1.54, 1.807) is 32.9 Å². The molecule has 0 amide bonds. The molecule has 7 heteroatoms. The van der Waals surface area contributed by atoms with E-state index >= 15 is 4.39 Å². The van der Waals surface area contributed by atoms with E-state index in [0.717, 1.165) is 5.56 Å². The zero-order valence-corrected chi connectivity index (χ0v) is 15.3. The summed E-state index contributed by atoms with van der Waals surface area (Å²) in [6.45, 7) is 6.25. The number of alkyl halides is 3. The molecule has 0 fully saturated rings. The van der Waals surface area contributed by atoms with Crippen LogP contribution in [0.25, 0.3) is 11.1 Å². The molecule has 0 aliphatic rings. The Hall–Kier alpha value is -2.44. The van der Waals surface area contributed by atoms with Crippen molar-refractivity contribution in [3.05, 3.63) is 57.7 Å². The first-order chi connectivity index (χ1) is 12.3. The van der Waals surface area contributed by atoms with E-state index in [4.69, 9.17) is 5.11 Å². The molecule has 0 aliphatic carbocycles. The molecule has 0 aromatic heterocycles. The van der Waals surface area contributed by atoms with E-state index in [2.05, 4.69) is 0 Å². The van der Waals surface area contributed by atoms with Crippen LogP contribution < -0.4 is 0 Å². The van der Waals surface area contributed by atoms with E-state index in [9.17, 15) is 22.4 Å². The van der Waals surface area contributed by atoms with Crippen LogP contribution in [0.2, 0.25) is 0 Å². The molecule has 2 rings (SSSR count). The van der Waals surface area contributed by atoms with E-state index in [1.807, 2.05) is 0 Å². The smallest absolute Gasteiger partial charge is 0.419 e. The highest BCUT2D eigenvalue weighted by Gasteiger charge is 2.38. The van der Waals surface area contributed by atoms with Crippen molar-refractivity contribution in [1.82, 2.24) is 0 Å². The van der Waals surface area contributed by atoms with Crippen LogP contribution in [0.4, 0.5) is 22.0 Å². The average molecular weight is 386 g/mol. The minimum Gasteiger partial charge on any atom is -0.481 e. The third-order valence-corrected chi connectivity index (χ3v) is 4.46. The van der Waals surface area contributed by atoms with E-state index in [0.29, 0.717) is 17.2 Å². The summed E-state index contributed by atoms with van der Waals surface area (Å²) in [5.74, 6) is -5.55. The Kier molecular flexibility index (Phi) is 5.63. The molecule has 0 saturated carbocycles. The molecular formula is C20H19F5O2. The van der Waals surface area contributed by atoms with Crippen molar-refractivity contribution in [2.24, 2.45) is 0 Å². The summed E-state index contributed by atoms with van der Waals surface area (Å²) in [6.07, 6.45) is -5.74. The summed E-state index contributed by atoms with van der Waals surface area (Å²) >= 11 is 0. The molecule has 2 aromatic carbocycles. The lowest BCUT2D eigenvalue weighted by atomic mass is 9.87. The van der Waals surface area contributed by atoms with Crippen molar-refractivity contribution in [3.8, 4) is 11.1 Å². The van der Waals surface area contributed by atoms with Gasteiger partial charge in [-0.25, -0.2) is 8.78 Å². The number of carbonyl (C=O) groups is 1. The van der Waals surface area contributed by atoms with Gasteiger partial charge in [-0.2, -0.15) is 13.2 Å². The lowest BCUT2D eigenvalue weighted by Crippen LogP contribution is -2.16. The Morgan fingerprint density at radius 3 is 2.00 bits per heavy atom. The van der Waals surface area contributed by atoms with Gasteiger partial charge in [-0.05, 0) is 49.4 Å². The largest absolute Gasteiger partial charge is 0.481 e. The van der Waals surface area contributed by atoms with Gasteiger partial charge in [0, 0.05) is 11.1 Å². The first-order valence-corrected chi connectivity index (χ1v) is 8.23. The van der Waals surface area contributed by atoms with Crippen LogP contribution in [0.3, 0.4) is 0 Å². The molecule has 1 atom stereocenters. The van der Waals surface area contributed by atoms with Crippen LogP contribution in [0.1, 0.15) is 47.1 Å². The highest BCUT2D eigenvalue weighted by Crippen LogP contribution is 2.42. The number of hydrogen-bond acceptors (Lipinski definition) is 1. The van der Waals surface area contributed by atoms with Gasteiger partial charge in [0.2, 0.25) is 0 Å². The fourth-order valence-electron chi connectivity index (χ4n) is 3.45. The normalized spacial score (nSPS) is 12.9. The molecule has 0 heterocycles. The minimum absolute atomic E-state index is 0.243. The standard InChI is InChI=1S/C20H19F5O2/c1-9-5-10(2)16(11(3)6-9)13-8-14(20(23,24)25)19(22)17(18(13)21)12(4)7-15(26)27/h5-6,8,12H,7H2,1-4H3,(H,26,27)/t12-/m0/s1. The van der Waals surface area contributed by atoms with Crippen molar-refractivity contribution in [1.29, 1.82) is 0 Å². The summed E-state index contributed by atoms with van der Waals surface area (Å²) in [5, 5.41) is 8.89. The zero-order chi connectivity index (χ0) is 20.7. The minimum atomic E-state index is -5.04. The molecule has 2 aromatic rings. The fraction of sp³-hybridized carbons (Fsp3) is 0.350. The highest BCUT2D eigenvalue weighted by molar-refractivity contribution is 5.74. The Morgan fingerprint density at radius 2 is 1.56 bits per heavy atom. The number of rotatable bonds is 4. The Balaban J connectivity index is 2.89. The molecule has 0 bridgehead atoms. The lowest BCUT2D eigenvalue weighted by molar-refractivity contribution is -0.140. The van der Waals surface area contributed by atoms with Gasteiger partial charge in [-0.1, -0.05) is 24.6 Å². The van der Waals surface area contributed by atoms with Crippen molar-refractivity contribution in [3.63, 3.8) is 0 Å². The highest BCUT2D eigenvalue weighted by atomic mass is 19.4. The molecule has 0 unspecified atom stereocenters. The van der Waals surface area contributed by atoms with Crippen LogP contribution in [-0.4, -0.2) is 11.1 Å². The van der Waals surface area contributed by atoms with Crippen molar-refractivity contribution >= 4 is 5.97 Å². The number of aryl methyl sites for hydroxylation is 3. The van der Waals surface area contributed by atoms with Gasteiger partial charge in [0.15, 0.2) is 0 Å². The van der Waals surface area contributed by atoms with Gasteiger partial charge in [-0.15, -0.1) is 0 Å². The van der Waals surface area contributed by atoms with E-state index in [1.165, 1.54) is 6.92 Å². The van der Waals surface area contributed by atoms with E-state index < -0.39 is 47.2 Å². The second-order valence-corrected chi connectivity index (χ2v) is 6.78. The Morgan fingerprint density at radius 1 is 1.04 bits per heavy atom. The molecule has 146 valence electrons. The van der Waals surface area contributed by atoms with Gasteiger partial charge in [0.05, 0.1) is 12.0 Å². The van der Waals surface area contributed by atoms with Gasteiger partial charge >= 0.3 is 12.1 Å². The quantitative estimate of drug-likeness (QED) is 0.640. The number of hydrogen-bond donors (Lipinski definition) is 1. The number of carboxylic acids is 1. The first kappa shape index (κ1) is 20.9. The monoisotopic (exact) mass is 386 g/mol. The van der Waals surface area contributed by atoms with Crippen LogP contribution in [-0.2, 0) is 11.0 Å². The summed E-state index contributed by atoms with van der Waals surface area (Å²) < 4.78 is 69.8. The summed E-state index contributed by atoms with van der Waals surface area (Å²) in [5.41, 5.74) is -0.664. The topological polar surface area (TPSA) is 37.3 Å². The summed E-state index contributed by atoms with van der Waals surface area (Å²) in [7, 11) is 0. The van der Waals surface area contributed by atoms with Gasteiger partial charge in [0.25, 0.3) is 0 Å². The first-order valence-electron chi connectivity index (χ1n) is 8.23. The molecular weight excluding hydrogens is 367 g/mol. The average Bonchev–Trinajstić information content (AvgIpc) is 2.46. The molecule has 1 N–H and O–H groups in total. The molecule has 0 saturated heterocycles. The third-order valence-electron chi connectivity index (χ3n) is 4.46. The molecule has 0 radical (unpaired) electrons. The summed E-state index contributed by atoms with van der Waals surface area (Å²) in [6, 6.07) is 3.85. The number of benzene rings is 2. The van der Waals surface area contributed by atoms with Crippen molar-refractivity contribution < 1.29 is 31.9 Å². The molecule has 27 heavy (non-hydrogen) atoms. The van der Waals surface area contributed by atoms with Crippen LogP contribution >= 0.6 is 0 Å². The van der Waals surface area contributed by atoms with Crippen molar-refractivity contribution in [2.75, 3.05) is 0 Å². The van der Waals surface area contributed by atoms with Crippen LogP contribution in [0.15, 0.2) is 18.2 Å². The van der Waals surface area contributed by atoms with Crippen molar-refractivity contribution in [2.45, 2.75) is 46.2 Å². The SMILES string of the molecule is Cc1cc(C)c(-c2cc(C(F)(F)F)c(F)c([C@@H](C)CC(=O)O)c2F)c(C)c1. The zero-order valence-electron chi connectivity index (χ0n) is 15.3. The van der Waals surface area contributed by atoms with E-state index in [-0.39, 0.29) is 11.1 Å². The Labute approximate surface area is 153 Å². The van der Waals surface area contributed by atoms with Crippen LogP contribution in [0, 0.1) is 32.4 Å². The summed E-state index contributed by atoms with van der Waals surface area (Å²) in [4.78, 5) is 10.9. The van der Waals surface area contributed by atoms with Gasteiger partial charge in [0.1, 0.15) is 11.6 Å². The maximum Gasteiger partial charge on any atom is 0.419 e. The van der Waals surface area contributed by atoms with Gasteiger partial charge in [-0.3, -0.25) is 4.79 Å². The number of carboxylic acid groups (broad SMARTS) is 1. The molecule has 0 aliphatic heterocycles. The lowest BCUT2D eigenvalue weighted by Gasteiger charge is -2.21. The maximum atomic E-state index is 15.1. The second-order valence-electron chi connectivity index (χ2n) is 6.78. The Bertz CT molecular complexity index is 877. The predicted molar refractivity (Wildman–Crippen MR) is 91.7 cm³/mol. The fourth-order valence-corrected chi connectivity index (χ4v) is 3.45. The maximum absolute atomic E-state index is 15.1. The molecule has 2 nitrogen and oxygen atoms in total. The molecule has 0 spiro atoms. The third kappa shape index (κ3) is 4.12.